The number of rotatable bonds is 5. The van der Waals surface area contributed by atoms with Gasteiger partial charge in [0, 0.05) is 11.3 Å². The topological polar surface area (TPSA) is 75.3 Å². The summed E-state index contributed by atoms with van der Waals surface area (Å²) in [7, 11) is -4.06. The molecule has 0 bridgehead atoms. The molecule has 5 nitrogen and oxygen atoms in total. The van der Waals surface area contributed by atoms with Gasteiger partial charge in [-0.3, -0.25) is 9.52 Å². The van der Waals surface area contributed by atoms with Gasteiger partial charge in [-0.15, -0.1) is 0 Å². The number of hydrogen-bond acceptors (Lipinski definition) is 3. The zero-order chi connectivity index (χ0) is 22.0. The standard InChI is InChI=1S/C24H19FN2O3S/c1-16-10-13-20(15-23(16)31(29,30)27-22-9-5-4-8-21(22)25)26-24(28)19-12-11-17-6-2-3-7-18(17)14-19/h2-15,27H,1H3,(H,26,28). The third-order valence-corrected chi connectivity index (χ3v) is 6.37. The van der Waals surface area contributed by atoms with Gasteiger partial charge in [0.2, 0.25) is 0 Å². The highest BCUT2D eigenvalue weighted by molar-refractivity contribution is 7.92. The molecule has 0 spiro atoms. The molecule has 0 atom stereocenters. The molecule has 7 heteroatoms. The number of aryl methyl sites for hydroxylation is 1. The van der Waals surface area contributed by atoms with Crippen LogP contribution in [0.3, 0.4) is 0 Å². The number of benzene rings is 4. The van der Waals surface area contributed by atoms with Crippen molar-refractivity contribution in [2.45, 2.75) is 11.8 Å². The van der Waals surface area contributed by atoms with Gasteiger partial charge in [0.05, 0.1) is 10.6 Å². The number of carbonyl (C=O) groups excluding carboxylic acids is 1. The number of anilines is 2. The maximum atomic E-state index is 13.9. The van der Waals surface area contributed by atoms with E-state index >= 15 is 0 Å². The lowest BCUT2D eigenvalue weighted by atomic mass is 10.1. The van der Waals surface area contributed by atoms with Crippen molar-refractivity contribution in [1.29, 1.82) is 0 Å². The van der Waals surface area contributed by atoms with Gasteiger partial charge in [0.25, 0.3) is 15.9 Å². The van der Waals surface area contributed by atoms with E-state index in [2.05, 4.69) is 10.0 Å². The average Bonchev–Trinajstić information content (AvgIpc) is 2.76. The molecule has 0 saturated carbocycles. The van der Waals surface area contributed by atoms with Crippen LogP contribution in [0.1, 0.15) is 15.9 Å². The van der Waals surface area contributed by atoms with Gasteiger partial charge in [-0.05, 0) is 59.7 Å². The van der Waals surface area contributed by atoms with E-state index in [0.717, 1.165) is 10.8 Å². The minimum Gasteiger partial charge on any atom is -0.322 e. The molecule has 4 aromatic carbocycles. The van der Waals surface area contributed by atoms with Crippen molar-refractivity contribution >= 4 is 38.1 Å². The second kappa shape index (κ2) is 8.20. The van der Waals surface area contributed by atoms with Crippen molar-refractivity contribution in [3.05, 3.63) is 102 Å². The van der Waals surface area contributed by atoms with Gasteiger partial charge in [-0.25, -0.2) is 12.8 Å². The Bertz CT molecular complexity index is 1400. The fraction of sp³-hybridized carbons (Fsp3) is 0.0417. The van der Waals surface area contributed by atoms with Crippen LogP contribution in [-0.2, 0) is 10.0 Å². The summed E-state index contributed by atoms with van der Waals surface area (Å²) in [6.45, 7) is 1.63. The summed E-state index contributed by atoms with van der Waals surface area (Å²) in [6, 6.07) is 23.1. The first-order valence-electron chi connectivity index (χ1n) is 9.52. The van der Waals surface area contributed by atoms with E-state index in [9.17, 15) is 17.6 Å². The lowest BCUT2D eigenvalue weighted by molar-refractivity contribution is 0.102. The number of halogens is 1. The highest BCUT2D eigenvalue weighted by Crippen LogP contribution is 2.25. The molecule has 31 heavy (non-hydrogen) atoms. The smallest absolute Gasteiger partial charge is 0.262 e. The number of carbonyl (C=O) groups is 1. The summed E-state index contributed by atoms with van der Waals surface area (Å²) in [5.74, 6) is -1.04. The number of hydrogen-bond donors (Lipinski definition) is 2. The highest BCUT2D eigenvalue weighted by atomic mass is 32.2. The first kappa shape index (κ1) is 20.6. The second-order valence-corrected chi connectivity index (χ2v) is 8.73. The van der Waals surface area contributed by atoms with Crippen molar-refractivity contribution in [3.8, 4) is 0 Å². The van der Waals surface area contributed by atoms with E-state index in [0.29, 0.717) is 16.8 Å². The van der Waals surface area contributed by atoms with Crippen molar-refractivity contribution in [2.75, 3.05) is 10.0 Å². The second-order valence-electron chi connectivity index (χ2n) is 7.08. The molecule has 0 aromatic heterocycles. The molecule has 0 fully saturated rings. The van der Waals surface area contributed by atoms with Crippen LogP contribution in [-0.4, -0.2) is 14.3 Å². The molecule has 0 aliphatic heterocycles. The average molecular weight is 434 g/mol. The molecular formula is C24H19FN2O3S. The predicted molar refractivity (Wildman–Crippen MR) is 120 cm³/mol. The molecule has 0 saturated heterocycles. The van der Waals surface area contributed by atoms with E-state index in [1.165, 1.54) is 30.3 Å². The first-order chi connectivity index (χ1) is 14.8. The van der Waals surface area contributed by atoms with Crippen LogP contribution in [0.15, 0.2) is 89.8 Å². The van der Waals surface area contributed by atoms with Crippen molar-refractivity contribution in [1.82, 2.24) is 0 Å². The van der Waals surface area contributed by atoms with Gasteiger partial charge >= 0.3 is 0 Å². The van der Waals surface area contributed by atoms with Crippen LogP contribution in [0.4, 0.5) is 15.8 Å². The van der Waals surface area contributed by atoms with Crippen molar-refractivity contribution < 1.29 is 17.6 Å². The van der Waals surface area contributed by atoms with E-state index in [4.69, 9.17) is 0 Å². The molecule has 2 N–H and O–H groups in total. The summed E-state index contributed by atoms with van der Waals surface area (Å²) in [4.78, 5) is 12.7. The molecule has 0 radical (unpaired) electrons. The lowest BCUT2D eigenvalue weighted by Gasteiger charge is -2.13. The SMILES string of the molecule is Cc1ccc(NC(=O)c2ccc3ccccc3c2)cc1S(=O)(=O)Nc1ccccc1F. The lowest BCUT2D eigenvalue weighted by Crippen LogP contribution is -2.17. The number of fused-ring (bicyclic) bond motifs is 1. The van der Waals surface area contributed by atoms with Crippen molar-refractivity contribution in [2.24, 2.45) is 0 Å². The Labute approximate surface area is 179 Å². The van der Waals surface area contributed by atoms with Crippen LogP contribution >= 0.6 is 0 Å². The van der Waals surface area contributed by atoms with Gasteiger partial charge in [0.1, 0.15) is 5.82 Å². The third-order valence-electron chi connectivity index (χ3n) is 4.87. The molecule has 0 aliphatic rings. The summed E-state index contributed by atoms with van der Waals surface area (Å²) in [6.07, 6.45) is 0. The van der Waals surface area contributed by atoms with Crippen LogP contribution in [0.2, 0.25) is 0 Å². The van der Waals surface area contributed by atoms with Gasteiger partial charge in [-0.2, -0.15) is 0 Å². The largest absolute Gasteiger partial charge is 0.322 e. The van der Waals surface area contributed by atoms with E-state index in [1.54, 1.807) is 31.2 Å². The molecule has 1 amide bonds. The minimum atomic E-state index is -4.06. The molecular weight excluding hydrogens is 415 g/mol. The Hall–Kier alpha value is -3.71. The summed E-state index contributed by atoms with van der Waals surface area (Å²) >= 11 is 0. The summed E-state index contributed by atoms with van der Waals surface area (Å²) in [5.41, 5.74) is 1.09. The number of amides is 1. The molecule has 0 unspecified atom stereocenters. The molecule has 0 aliphatic carbocycles. The number of sulfonamides is 1. The normalized spacial score (nSPS) is 11.3. The fourth-order valence-electron chi connectivity index (χ4n) is 3.24. The predicted octanol–water partition coefficient (Wildman–Crippen LogP) is 5.34. The van der Waals surface area contributed by atoms with E-state index in [1.807, 2.05) is 30.3 Å². The Balaban J connectivity index is 1.61. The summed E-state index contributed by atoms with van der Waals surface area (Å²) < 4.78 is 41.8. The Kier molecular flexibility index (Phi) is 5.44. The first-order valence-corrected chi connectivity index (χ1v) is 11.0. The molecule has 4 aromatic rings. The Morgan fingerprint density at radius 2 is 1.55 bits per heavy atom. The fourth-order valence-corrected chi connectivity index (χ4v) is 4.58. The third kappa shape index (κ3) is 4.41. The zero-order valence-corrected chi connectivity index (χ0v) is 17.4. The van der Waals surface area contributed by atoms with Crippen LogP contribution in [0.5, 0.6) is 0 Å². The van der Waals surface area contributed by atoms with Crippen LogP contribution in [0, 0.1) is 12.7 Å². The summed E-state index contributed by atoms with van der Waals surface area (Å²) in [5, 5.41) is 4.68. The molecule has 0 heterocycles. The van der Waals surface area contributed by atoms with E-state index < -0.39 is 15.8 Å². The van der Waals surface area contributed by atoms with Crippen molar-refractivity contribution in [3.63, 3.8) is 0 Å². The quantitative estimate of drug-likeness (QED) is 0.445. The monoisotopic (exact) mass is 434 g/mol. The zero-order valence-electron chi connectivity index (χ0n) is 16.6. The maximum absolute atomic E-state index is 13.9. The number of nitrogens with one attached hydrogen (secondary N) is 2. The highest BCUT2D eigenvalue weighted by Gasteiger charge is 2.20. The van der Waals surface area contributed by atoms with Gasteiger partial charge in [0.15, 0.2) is 0 Å². The van der Waals surface area contributed by atoms with Crippen LogP contribution < -0.4 is 10.0 Å². The molecule has 4 rings (SSSR count). The number of para-hydroxylation sites is 1. The molecule has 156 valence electrons. The Morgan fingerprint density at radius 1 is 0.839 bits per heavy atom. The van der Waals surface area contributed by atoms with E-state index in [-0.39, 0.29) is 16.5 Å². The Morgan fingerprint density at radius 3 is 2.32 bits per heavy atom. The van der Waals surface area contributed by atoms with Crippen LogP contribution in [0.25, 0.3) is 10.8 Å². The minimum absolute atomic E-state index is 0.0490. The maximum Gasteiger partial charge on any atom is 0.262 e. The van der Waals surface area contributed by atoms with Gasteiger partial charge < -0.3 is 5.32 Å². The van der Waals surface area contributed by atoms with Gasteiger partial charge in [-0.1, -0.05) is 48.5 Å².